The molecule has 1 fully saturated rings. The first-order valence-corrected chi connectivity index (χ1v) is 8.43. The van der Waals surface area contributed by atoms with Gasteiger partial charge in [-0.05, 0) is 53.1 Å². The Kier molecular flexibility index (Phi) is 5.66. The second kappa shape index (κ2) is 7.04. The van der Waals surface area contributed by atoms with E-state index >= 15 is 0 Å². The lowest BCUT2D eigenvalue weighted by molar-refractivity contribution is 0.486. The Hall–Kier alpha value is -0.130. The van der Waals surface area contributed by atoms with E-state index in [-0.39, 0.29) is 12.1 Å². The second-order valence-corrected chi connectivity index (χ2v) is 7.22. The molecule has 1 aromatic rings. The average molecular weight is 350 g/mol. The van der Waals surface area contributed by atoms with Gasteiger partial charge in [-0.15, -0.1) is 0 Å². The van der Waals surface area contributed by atoms with E-state index in [1.165, 1.54) is 18.6 Å². The van der Waals surface area contributed by atoms with Crippen molar-refractivity contribution in [2.24, 2.45) is 0 Å². The number of hydrogen-bond donors (Lipinski definition) is 1. The van der Waals surface area contributed by atoms with Crippen molar-refractivity contribution in [3.05, 3.63) is 33.8 Å². The van der Waals surface area contributed by atoms with E-state index in [0.717, 1.165) is 18.6 Å². The van der Waals surface area contributed by atoms with Crippen LogP contribution in [0.15, 0.2) is 16.6 Å². The molecule has 106 valence electrons. The molecule has 1 saturated carbocycles. The third kappa shape index (κ3) is 3.92. The normalized spacial score (nSPS) is 22.9. The zero-order valence-electron chi connectivity index (χ0n) is 10.9. The van der Waals surface area contributed by atoms with Gasteiger partial charge in [-0.1, -0.05) is 6.92 Å². The molecule has 1 aliphatic carbocycles. The molecule has 19 heavy (non-hydrogen) atoms. The molecule has 0 aromatic heterocycles. The monoisotopic (exact) mass is 349 g/mol. The highest BCUT2D eigenvalue weighted by molar-refractivity contribution is 9.10. The fourth-order valence-electron chi connectivity index (χ4n) is 2.49. The molecule has 0 heterocycles. The van der Waals surface area contributed by atoms with Crippen LogP contribution in [-0.4, -0.2) is 17.0 Å². The lowest BCUT2D eigenvalue weighted by Crippen LogP contribution is -2.27. The largest absolute Gasteiger partial charge is 0.310 e. The number of benzene rings is 1. The van der Waals surface area contributed by atoms with Crippen molar-refractivity contribution >= 4 is 27.7 Å². The molecule has 0 aliphatic heterocycles. The van der Waals surface area contributed by atoms with Gasteiger partial charge in [0.15, 0.2) is 0 Å². The predicted octanol–water partition coefficient (Wildman–Crippen LogP) is 4.49. The Morgan fingerprint density at radius 1 is 1.37 bits per heavy atom. The van der Waals surface area contributed by atoms with Crippen molar-refractivity contribution in [2.75, 3.05) is 5.75 Å². The summed E-state index contributed by atoms with van der Waals surface area (Å²) in [7, 11) is 0. The van der Waals surface area contributed by atoms with Gasteiger partial charge in [0.1, 0.15) is 11.6 Å². The summed E-state index contributed by atoms with van der Waals surface area (Å²) in [5, 5.41) is 3.98. The van der Waals surface area contributed by atoms with Crippen LogP contribution in [0.4, 0.5) is 8.78 Å². The van der Waals surface area contributed by atoms with Crippen molar-refractivity contribution in [2.45, 2.75) is 44.0 Å². The Balaban J connectivity index is 1.91. The smallest absolute Gasteiger partial charge is 0.144 e. The first-order chi connectivity index (χ1) is 9.11. The van der Waals surface area contributed by atoms with E-state index in [9.17, 15) is 8.78 Å². The molecular formula is C14H18BrF2NS. The second-order valence-electron chi connectivity index (χ2n) is 4.79. The third-order valence-corrected chi connectivity index (χ3v) is 5.34. The predicted molar refractivity (Wildman–Crippen MR) is 80.5 cm³/mol. The van der Waals surface area contributed by atoms with Gasteiger partial charge in [-0.3, -0.25) is 0 Å². The third-order valence-electron chi connectivity index (χ3n) is 3.49. The van der Waals surface area contributed by atoms with Crippen LogP contribution < -0.4 is 5.32 Å². The van der Waals surface area contributed by atoms with Gasteiger partial charge in [-0.2, -0.15) is 11.8 Å². The minimum atomic E-state index is -0.495. The zero-order chi connectivity index (χ0) is 13.8. The van der Waals surface area contributed by atoms with Crippen molar-refractivity contribution in [1.82, 2.24) is 5.32 Å². The van der Waals surface area contributed by atoms with E-state index in [2.05, 4.69) is 28.2 Å². The maximum absolute atomic E-state index is 13.8. The molecule has 2 unspecified atom stereocenters. The minimum Gasteiger partial charge on any atom is -0.310 e. The highest BCUT2D eigenvalue weighted by Crippen LogP contribution is 2.30. The molecule has 1 nitrogen and oxygen atoms in total. The average Bonchev–Trinajstić information content (AvgIpc) is 2.82. The Morgan fingerprint density at radius 2 is 2.16 bits per heavy atom. The number of rotatable bonds is 5. The SMILES string of the molecule is CCSC1CCC(NCc2c(F)ccc(Br)c2F)C1. The van der Waals surface area contributed by atoms with Gasteiger partial charge >= 0.3 is 0 Å². The van der Waals surface area contributed by atoms with Gasteiger partial charge in [0.25, 0.3) is 0 Å². The van der Waals surface area contributed by atoms with Crippen molar-refractivity contribution in [3.63, 3.8) is 0 Å². The van der Waals surface area contributed by atoms with Gasteiger partial charge < -0.3 is 5.32 Å². The number of nitrogens with one attached hydrogen (secondary N) is 1. The molecule has 0 amide bonds. The molecule has 1 N–H and O–H groups in total. The number of halogens is 3. The maximum atomic E-state index is 13.8. The molecule has 5 heteroatoms. The van der Waals surface area contributed by atoms with E-state index in [4.69, 9.17) is 0 Å². The van der Waals surface area contributed by atoms with Crippen LogP contribution >= 0.6 is 27.7 Å². The number of hydrogen-bond acceptors (Lipinski definition) is 2. The summed E-state index contributed by atoms with van der Waals surface area (Å²) in [6, 6.07) is 3.08. The Morgan fingerprint density at radius 3 is 2.89 bits per heavy atom. The van der Waals surface area contributed by atoms with Crippen molar-refractivity contribution < 1.29 is 8.78 Å². The fourth-order valence-corrected chi connectivity index (χ4v) is 4.00. The first kappa shape index (κ1) is 15.3. The van der Waals surface area contributed by atoms with E-state index in [0.29, 0.717) is 15.8 Å². The fraction of sp³-hybridized carbons (Fsp3) is 0.571. The summed E-state index contributed by atoms with van der Waals surface area (Å²) >= 11 is 5.07. The standard InChI is InChI=1S/C14H18BrF2NS/c1-2-19-10-4-3-9(7-10)18-8-11-13(16)6-5-12(15)14(11)17/h5-6,9-10,18H,2-4,7-8H2,1H3. The molecule has 0 radical (unpaired) electrons. The molecule has 0 saturated heterocycles. The summed E-state index contributed by atoms with van der Waals surface area (Å²) in [4.78, 5) is 0. The van der Waals surface area contributed by atoms with Crippen LogP contribution in [0.25, 0.3) is 0 Å². The van der Waals surface area contributed by atoms with Gasteiger partial charge in [0, 0.05) is 23.4 Å². The topological polar surface area (TPSA) is 12.0 Å². The first-order valence-electron chi connectivity index (χ1n) is 6.59. The van der Waals surface area contributed by atoms with E-state index in [1.54, 1.807) is 0 Å². The van der Waals surface area contributed by atoms with Crippen molar-refractivity contribution in [1.29, 1.82) is 0 Å². The maximum Gasteiger partial charge on any atom is 0.144 e. The van der Waals surface area contributed by atoms with E-state index in [1.807, 2.05) is 11.8 Å². The lowest BCUT2D eigenvalue weighted by Gasteiger charge is -2.14. The summed E-state index contributed by atoms with van der Waals surface area (Å²) in [5.74, 6) is 0.155. The lowest BCUT2D eigenvalue weighted by atomic mass is 10.1. The summed E-state index contributed by atoms with van der Waals surface area (Å²) in [5.41, 5.74) is 0.126. The molecule has 2 rings (SSSR count). The summed E-state index contributed by atoms with van der Waals surface area (Å²) in [6.07, 6.45) is 3.38. The summed E-state index contributed by atoms with van der Waals surface area (Å²) in [6.45, 7) is 2.42. The highest BCUT2D eigenvalue weighted by atomic mass is 79.9. The molecule has 2 atom stereocenters. The Labute approximate surface area is 125 Å². The zero-order valence-corrected chi connectivity index (χ0v) is 13.3. The highest BCUT2D eigenvalue weighted by Gasteiger charge is 2.24. The van der Waals surface area contributed by atoms with Crippen LogP contribution in [0.3, 0.4) is 0 Å². The quantitative estimate of drug-likeness (QED) is 0.786. The van der Waals surface area contributed by atoms with Gasteiger partial charge in [0.2, 0.25) is 0 Å². The van der Waals surface area contributed by atoms with E-state index < -0.39 is 11.6 Å². The van der Waals surface area contributed by atoms with Gasteiger partial charge in [-0.25, -0.2) is 8.78 Å². The number of thioether (sulfide) groups is 1. The molecule has 1 aliphatic rings. The van der Waals surface area contributed by atoms with Crippen LogP contribution in [0.5, 0.6) is 0 Å². The molecule has 1 aromatic carbocycles. The van der Waals surface area contributed by atoms with Crippen LogP contribution in [0, 0.1) is 11.6 Å². The van der Waals surface area contributed by atoms with Crippen LogP contribution in [0.1, 0.15) is 31.7 Å². The molecule has 0 spiro atoms. The van der Waals surface area contributed by atoms with Crippen molar-refractivity contribution in [3.8, 4) is 0 Å². The minimum absolute atomic E-state index is 0.126. The van der Waals surface area contributed by atoms with Gasteiger partial charge in [0.05, 0.1) is 4.47 Å². The molecular weight excluding hydrogens is 332 g/mol. The Bertz CT molecular complexity index is 442. The summed E-state index contributed by atoms with van der Waals surface area (Å²) < 4.78 is 27.7. The molecule has 0 bridgehead atoms. The van der Waals surface area contributed by atoms with Crippen LogP contribution in [0.2, 0.25) is 0 Å². The van der Waals surface area contributed by atoms with Crippen LogP contribution in [-0.2, 0) is 6.54 Å².